The van der Waals surface area contributed by atoms with E-state index in [1.54, 1.807) is 6.08 Å². The third-order valence-corrected chi connectivity index (χ3v) is 1.60. The van der Waals surface area contributed by atoms with Gasteiger partial charge in [-0.3, -0.25) is 0 Å². The highest BCUT2D eigenvalue weighted by atomic mass is 16.5. The molecule has 0 saturated heterocycles. The molecule has 60 valence electrons. The van der Waals surface area contributed by atoms with E-state index in [0.29, 0.717) is 11.3 Å². The van der Waals surface area contributed by atoms with Crippen LogP contribution in [0.25, 0.3) is 0 Å². The van der Waals surface area contributed by atoms with Crippen molar-refractivity contribution in [3.05, 3.63) is 23.4 Å². The van der Waals surface area contributed by atoms with Crippen molar-refractivity contribution in [2.24, 2.45) is 5.73 Å². The number of hydrogen-bond acceptors (Lipinski definition) is 3. The van der Waals surface area contributed by atoms with Gasteiger partial charge in [-0.05, 0) is 12.8 Å². The van der Waals surface area contributed by atoms with Gasteiger partial charge in [0.2, 0.25) is 0 Å². The lowest BCUT2D eigenvalue weighted by atomic mass is 10.0. The van der Waals surface area contributed by atoms with Gasteiger partial charge in [0, 0.05) is 5.70 Å². The second kappa shape index (κ2) is 3.23. The number of allylic oxidation sites excluding steroid dienone is 2. The fraction of sp³-hybridized carbons (Fsp3) is 0.375. The minimum Gasteiger partial charge on any atom is -0.465 e. The molecule has 0 aromatic heterocycles. The Morgan fingerprint density at radius 3 is 2.73 bits per heavy atom. The molecule has 0 aliphatic heterocycles. The molecule has 0 heterocycles. The van der Waals surface area contributed by atoms with Crippen molar-refractivity contribution >= 4 is 5.97 Å². The molecule has 1 rings (SSSR count). The Hall–Kier alpha value is -1.25. The van der Waals surface area contributed by atoms with Gasteiger partial charge >= 0.3 is 5.97 Å². The van der Waals surface area contributed by atoms with Crippen LogP contribution in [0.2, 0.25) is 0 Å². The quantitative estimate of drug-likeness (QED) is 0.565. The number of rotatable bonds is 1. The zero-order valence-electron chi connectivity index (χ0n) is 6.46. The number of carbonyl (C=O) groups excluding carboxylic acids is 1. The van der Waals surface area contributed by atoms with Gasteiger partial charge < -0.3 is 10.5 Å². The van der Waals surface area contributed by atoms with Gasteiger partial charge in [-0.25, -0.2) is 4.79 Å². The molecule has 0 amide bonds. The highest BCUT2D eigenvalue weighted by Gasteiger charge is 2.13. The monoisotopic (exact) mass is 153 g/mol. The summed E-state index contributed by atoms with van der Waals surface area (Å²) in [6.45, 7) is 0. The van der Waals surface area contributed by atoms with Crippen LogP contribution in [0.1, 0.15) is 12.8 Å². The molecule has 1 aliphatic carbocycles. The molecular formula is C8H11NO2. The van der Waals surface area contributed by atoms with Crippen molar-refractivity contribution in [1.82, 2.24) is 0 Å². The zero-order valence-corrected chi connectivity index (χ0v) is 6.46. The van der Waals surface area contributed by atoms with Crippen LogP contribution in [0.4, 0.5) is 0 Å². The number of hydrogen-bond donors (Lipinski definition) is 1. The lowest BCUT2D eigenvalue weighted by Gasteiger charge is -2.09. The van der Waals surface area contributed by atoms with Gasteiger partial charge in [-0.2, -0.15) is 0 Å². The number of methoxy groups -OCH3 is 1. The molecule has 0 spiro atoms. The molecule has 1 aliphatic rings. The minimum atomic E-state index is -0.349. The maximum absolute atomic E-state index is 11.0. The lowest BCUT2D eigenvalue weighted by Crippen LogP contribution is -2.14. The van der Waals surface area contributed by atoms with Gasteiger partial charge in [0.25, 0.3) is 0 Å². The third kappa shape index (κ3) is 1.61. The summed E-state index contributed by atoms with van der Waals surface area (Å²) in [4.78, 5) is 11.0. The number of ether oxygens (including phenoxy) is 1. The predicted octanol–water partition coefficient (Wildman–Crippen LogP) is 0.722. The predicted molar refractivity (Wildman–Crippen MR) is 41.6 cm³/mol. The first-order chi connectivity index (χ1) is 5.25. The molecule has 0 saturated carbocycles. The smallest absolute Gasteiger partial charge is 0.339 e. The molecule has 0 atom stereocenters. The van der Waals surface area contributed by atoms with E-state index in [1.807, 2.05) is 6.08 Å². The first-order valence-electron chi connectivity index (χ1n) is 3.50. The van der Waals surface area contributed by atoms with Crippen LogP contribution < -0.4 is 5.73 Å². The molecule has 0 aromatic carbocycles. The van der Waals surface area contributed by atoms with Gasteiger partial charge in [0.1, 0.15) is 0 Å². The van der Waals surface area contributed by atoms with Crippen molar-refractivity contribution in [2.45, 2.75) is 12.8 Å². The van der Waals surface area contributed by atoms with Crippen molar-refractivity contribution in [2.75, 3.05) is 7.11 Å². The zero-order chi connectivity index (χ0) is 8.27. The summed E-state index contributed by atoms with van der Waals surface area (Å²) in [6, 6.07) is 0. The second-order valence-electron chi connectivity index (χ2n) is 2.35. The van der Waals surface area contributed by atoms with E-state index in [2.05, 4.69) is 4.74 Å². The molecule has 0 fully saturated rings. The van der Waals surface area contributed by atoms with Crippen molar-refractivity contribution < 1.29 is 9.53 Å². The second-order valence-corrected chi connectivity index (χ2v) is 2.35. The summed E-state index contributed by atoms with van der Waals surface area (Å²) in [7, 11) is 1.35. The molecule has 3 heteroatoms. The Labute approximate surface area is 65.5 Å². The van der Waals surface area contributed by atoms with Gasteiger partial charge in [0.05, 0.1) is 12.7 Å². The van der Waals surface area contributed by atoms with Gasteiger partial charge in [-0.15, -0.1) is 0 Å². The molecule has 3 nitrogen and oxygen atoms in total. The van der Waals surface area contributed by atoms with E-state index in [4.69, 9.17) is 5.73 Å². The van der Waals surface area contributed by atoms with E-state index in [9.17, 15) is 4.79 Å². The van der Waals surface area contributed by atoms with Crippen LogP contribution in [-0.4, -0.2) is 13.1 Å². The Morgan fingerprint density at radius 2 is 2.18 bits per heavy atom. The van der Waals surface area contributed by atoms with E-state index >= 15 is 0 Å². The highest BCUT2D eigenvalue weighted by Crippen LogP contribution is 2.14. The van der Waals surface area contributed by atoms with Crippen LogP contribution in [-0.2, 0) is 9.53 Å². The first kappa shape index (κ1) is 7.85. The van der Waals surface area contributed by atoms with Crippen LogP contribution in [0.5, 0.6) is 0 Å². The highest BCUT2D eigenvalue weighted by molar-refractivity contribution is 5.93. The van der Waals surface area contributed by atoms with Crippen LogP contribution in [0, 0.1) is 0 Å². The van der Waals surface area contributed by atoms with E-state index in [1.165, 1.54) is 7.11 Å². The van der Waals surface area contributed by atoms with Crippen molar-refractivity contribution in [3.63, 3.8) is 0 Å². The van der Waals surface area contributed by atoms with Crippen molar-refractivity contribution in [3.8, 4) is 0 Å². The fourth-order valence-electron chi connectivity index (χ4n) is 1.01. The number of esters is 1. The summed E-state index contributed by atoms with van der Waals surface area (Å²) >= 11 is 0. The molecule has 0 unspecified atom stereocenters. The average Bonchev–Trinajstić information content (AvgIpc) is 2.04. The van der Waals surface area contributed by atoms with Gasteiger partial charge in [0.15, 0.2) is 0 Å². The topological polar surface area (TPSA) is 52.3 Å². The maximum Gasteiger partial charge on any atom is 0.339 e. The van der Waals surface area contributed by atoms with Crippen molar-refractivity contribution in [1.29, 1.82) is 0 Å². The molecule has 0 aromatic rings. The fourth-order valence-corrected chi connectivity index (χ4v) is 1.01. The first-order valence-corrected chi connectivity index (χ1v) is 3.50. The Morgan fingerprint density at radius 1 is 1.55 bits per heavy atom. The summed E-state index contributed by atoms with van der Waals surface area (Å²) in [5, 5.41) is 0. The summed E-state index contributed by atoms with van der Waals surface area (Å²) in [6.07, 6.45) is 5.42. The van der Waals surface area contributed by atoms with E-state index in [-0.39, 0.29) is 5.97 Å². The normalized spacial score (nSPS) is 16.8. The number of carbonyl (C=O) groups is 1. The molecule has 0 bridgehead atoms. The Kier molecular flexibility index (Phi) is 2.31. The minimum absolute atomic E-state index is 0.349. The standard InChI is InChI=1S/C8H11NO2/c1-11-8(10)6-4-2-3-5-7(6)9/h4-5H,2-3,9H2,1H3. The largest absolute Gasteiger partial charge is 0.465 e. The molecule has 2 N–H and O–H groups in total. The summed E-state index contributed by atoms with van der Waals surface area (Å²) < 4.78 is 4.53. The molecular weight excluding hydrogens is 142 g/mol. The van der Waals surface area contributed by atoms with Gasteiger partial charge in [-0.1, -0.05) is 12.2 Å². The van der Waals surface area contributed by atoms with E-state index < -0.39 is 0 Å². The maximum atomic E-state index is 11.0. The molecule has 11 heavy (non-hydrogen) atoms. The average molecular weight is 153 g/mol. The summed E-state index contributed by atoms with van der Waals surface area (Å²) in [5.41, 5.74) is 6.58. The number of nitrogens with two attached hydrogens (primary N) is 1. The molecule has 0 radical (unpaired) electrons. The van der Waals surface area contributed by atoms with Crippen LogP contribution in [0.15, 0.2) is 23.4 Å². The van der Waals surface area contributed by atoms with Crippen LogP contribution >= 0.6 is 0 Å². The lowest BCUT2D eigenvalue weighted by molar-refractivity contribution is -0.135. The summed E-state index contributed by atoms with van der Waals surface area (Å²) in [5.74, 6) is -0.349. The Balaban J connectivity index is 2.78. The van der Waals surface area contributed by atoms with E-state index in [0.717, 1.165) is 12.8 Å². The third-order valence-electron chi connectivity index (χ3n) is 1.60. The SMILES string of the molecule is COC(=O)C1=CCCC=C1N. The van der Waals surface area contributed by atoms with Crippen LogP contribution in [0.3, 0.4) is 0 Å². The Bertz CT molecular complexity index is 228.